The maximum atomic E-state index is 12.1. The van der Waals surface area contributed by atoms with E-state index in [2.05, 4.69) is 5.32 Å². The fourth-order valence-electron chi connectivity index (χ4n) is 1.95. The first-order valence-corrected chi connectivity index (χ1v) is 6.42. The van der Waals surface area contributed by atoms with Crippen LogP contribution in [0.5, 0.6) is 0 Å². The van der Waals surface area contributed by atoms with Crippen LogP contribution in [0.15, 0.2) is 48.5 Å². The second kappa shape index (κ2) is 6.56. The van der Waals surface area contributed by atoms with Crippen molar-refractivity contribution in [1.29, 1.82) is 0 Å². The second-order valence-corrected chi connectivity index (χ2v) is 4.40. The van der Waals surface area contributed by atoms with E-state index < -0.39 is 5.97 Å². The fraction of sp³-hybridized carbons (Fsp3) is 0.125. The molecule has 0 aliphatic rings. The summed E-state index contributed by atoms with van der Waals surface area (Å²) in [6, 6.07) is 13.7. The molecule has 0 aliphatic carbocycles. The molecule has 0 amide bonds. The molecule has 0 aromatic heterocycles. The molecule has 5 heteroatoms. The van der Waals surface area contributed by atoms with E-state index in [1.165, 1.54) is 7.11 Å². The Morgan fingerprint density at radius 3 is 2.33 bits per heavy atom. The van der Waals surface area contributed by atoms with Crippen LogP contribution in [0.3, 0.4) is 0 Å². The molecule has 0 bridgehead atoms. The molecule has 2 aromatic carbocycles. The SMILES string of the molecule is COC(=O)c1ccccc1NCC(=O)c1ccccc1N. The molecule has 5 nitrogen and oxygen atoms in total. The predicted molar refractivity (Wildman–Crippen MR) is 81.5 cm³/mol. The van der Waals surface area contributed by atoms with Crippen molar-refractivity contribution in [3.8, 4) is 0 Å². The zero-order chi connectivity index (χ0) is 15.2. The monoisotopic (exact) mass is 284 g/mol. The minimum absolute atomic E-state index is 0.0439. The lowest BCUT2D eigenvalue weighted by Gasteiger charge is -2.10. The number of hydrogen-bond donors (Lipinski definition) is 2. The van der Waals surface area contributed by atoms with E-state index in [0.717, 1.165) is 0 Å². The van der Waals surface area contributed by atoms with Crippen LogP contribution in [0.2, 0.25) is 0 Å². The number of carbonyl (C=O) groups excluding carboxylic acids is 2. The van der Waals surface area contributed by atoms with Crippen LogP contribution in [0.25, 0.3) is 0 Å². The molecule has 0 saturated carbocycles. The van der Waals surface area contributed by atoms with Gasteiger partial charge in [0, 0.05) is 16.9 Å². The quantitative estimate of drug-likeness (QED) is 0.500. The number of ether oxygens (including phenoxy) is 1. The highest BCUT2D eigenvalue weighted by atomic mass is 16.5. The maximum absolute atomic E-state index is 12.1. The molecule has 0 spiro atoms. The minimum atomic E-state index is -0.454. The lowest BCUT2D eigenvalue weighted by molar-refractivity contribution is 0.0601. The summed E-state index contributed by atoms with van der Waals surface area (Å²) in [7, 11) is 1.31. The Balaban J connectivity index is 2.12. The summed E-state index contributed by atoms with van der Waals surface area (Å²) in [6.07, 6.45) is 0. The summed E-state index contributed by atoms with van der Waals surface area (Å²) >= 11 is 0. The second-order valence-electron chi connectivity index (χ2n) is 4.40. The lowest BCUT2D eigenvalue weighted by Crippen LogP contribution is -2.17. The molecule has 0 radical (unpaired) electrons. The first-order valence-electron chi connectivity index (χ1n) is 6.42. The summed E-state index contributed by atoms with van der Waals surface area (Å²) < 4.78 is 4.70. The molecule has 0 unspecified atom stereocenters. The zero-order valence-corrected chi connectivity index (χ0v) is 11.6. The Hall–Kier alpha value is -2.82. The number of carbonyl (C=O) groups is 2. The topological polar surface area (TPSA) is 81.4 Å². The molecule has 0 atom stereocenters. The van der Waals surface area contributed by atoms with Crippen molar-refractivity contribution >= 4 is 23.1 Å². The van der Waals surface area contributed by atoms with E-state index in [1.807, 2.05) is 0 Å². The summed E-state index contributed by atoms with van der Waals surface area (Å²) in [5, 5.41) is 2.95. The molecule has 0 heterocycles. The number of para-hydroxylation sites is 2. The maximum Gasteiger partial charge on any atom is 0.339 e. The van der Waals surface area contributed by atoms with Crippen LogP contribution < -0.4 is 11.1 Å². The summed E-state index contributed by atoms with van der Waals surface area (Å²) in [5.41, 5.74) is 7.59. The molecule has 2 aromatic rings. The van der Waals surface area contributed by atoms with Gasteiger partial charge < -0.3 is 15.8 Å². The number of nitrogens with two attached hydrogens (primary N) is 1. The molecule has 21 heavy (non-hydrogen) atoms. The number of ketones is 1. The number of esters is 1. The van der Waals surface area contributed by atoms with Gasteiger partial charge in [-0.15, -0.1) is 0 Å². The van der Waals surface area contributed by atoms with Crippen molar-refractivity contribution < 1.29 is 14.3 Å². The van der Waals surface area contributed by atoms with E-state index >= 15 is 0 Å². The third-order valence-corrected chi connectivity index (χ3v) is 3.03. The van der Waals surface area contributed by atoms with Crippen LogP contribution in [-0.2, 0) is 4.74 Å². The largest absolute Gasteiger partial charge is 0.465 e. The average Bonchev–Trinajstić information content (AvgIpc) is 2.52. The average molecular weight is 284 g/mol. The Morgan fingerprint density at radius 1 is 1.05 bits per heavy atom. The van der Waals surface area contributed by atoms with Gasteiger partial charge in [-0.2, -0.15) is 0 Å². The van der Waals surface area contributed by atoms with Gasteiger partial charge in [-0.25, -0.2) is 4.79 Å². The molecule has 0 saturated heterocycles. The van der Waals surface area contributed by atoms with Crippen LogP contribution in [0.1, 0.15) is 20.7 Å². The van der Waals surface area contributed by atoms with Crippen molar-refractivity contribution in [2.75, 3.05) is 24.7 Å². The number of hydrogen-bond acceptors (Lipinski definition) is 5. The number of nitrogen functional groups attached to an aromatic ring is 1. The lowest BCUT2D eigenvalue weighted by atomic mass is 10.1. The van der Waals surface area contributed by atoms with Crippen molar-refractivity contribution in [1.82, 2.24) is 0 Å². The van der Waals surface area contributed by atoms with Gasteiger partial charge in [0.1, 0.15) is 0 Å². The van der Waals surface area contributed by atoms with Gasteiger partial charge in [-0.1, -0.05) is 24.3 Å². The van der Waals surface area contributed by atoms with E-state index in [4.69, 9.17) is 10.5 Å². The fourth-order valence-corrected chi connectivity index (χ4v) is 1.95. The molecule has 3 N–H and O–H groups in total. The first kappa shape index (κ1) is 14.6. The molecule has 0 fully saturated rings. The van der Waals surface area contributed by atoms with Gasteiger partial charge in [-0.05, 0) is 24.3 Å². The Kier molecular flexibility index (Phi) is 4.56. The van der Waals surface area contributed by atoms with Crippen molar-refractivity contribution in [2.24, 2.45) is 0 Å². The van der Waals surface area contributed by atoms with Crippen LogP contribution in [-0.4, -0.2) is 25.4 Å². The van der Waals surface area contributed by atoms with Gasteiger partial charge >= 0.3 is 5.97 Å². The zero-order valence-electron chi connectivity index (χ0n) is 11.6. The number of benzene rings is 2. The van der Waals surface area contributed by atoms with Gasteiger partial charge in [0.25, 0.3) is 0 Å². The third kappa shape index (κ3) is 3.39. The number of anilines is 2. The Bertz CT molecular complexity index is 668. The Labute approximate surface area is 122 Å². The summed E-state index contributed by atoms with van der Waals surface area (Å²) in [4.78, 5) is 23.8. The standard InChI is InChI=1S/C16H16N2O3/c1-21-16(20)12-7-3-5-9-14(12)18-10-15(19)11-6-2-4-8-13(11)17/h2-9,18H,10,17H2,1H3. The Morgan fingerprint density at radius 2 is 1.67 bits per heavy atom. The van der Waals surface area contributed by atoms with Gasteiger partial charge in [-0.3, -0.25) is 4.79 Å². The number of nitrogens with one attached hydrogen (secondary N) is 1. The summed E-state index contributed by atoms with van der Waals surface area (Å²) in [5.74, 6) is -0.599. The molecular weight excluding hydrogens is 268 g/mol. The van der Waals surface area contributed by atoms with E-state index in [9.17, 15) is 9.59 Å². The van der Waals surface area contributed by atoms with Gasteiger partial charge in [0.05, 0.1) is 19.2 Å². The first-order chi connectivity index (χ1) is 10.1. The van der Waals surface area contributed by atoms with E-state index in [0.29, 0.717) is 22.5 Å². The van der Waals surface area contributed by atoms with Crippen molar-refractivity contribution in [3.05, 3.63) is 59.7 Å². The molecule has 2 rings (SSSR count). The van der Waals surface area contributed by atoms with E-state index in [-0.39, 0.29) is 12.3 Å². The molecular formula is C16H16N2O3. The van der Waals surface area contributed by atoms with Crippen LogP contribution >= 0.6 is 0 Å². The van der Waals surface area contributed by atoms with Crippen molar-refractivity contribution in [3.63, 3.8) is 0 Å². The number of methoxy groups -OCH3 is 1. The summed E-state index contributed by atoms with van der Waals surface area (Å²) in [6.45, 7) is 0.0439. The predicted octanol–water partition coefficient (Wildman–Crippen LogP) is 2.35. The van der Waals surface area contributed by atoms with Crippen LogP contribution in [0.4, 0.5) is 11.4 Å². The normalized spacial score (nSPS) is 9.95. The number of rotatable bonds is 5. The molecule has 108 valence electrons. The van der Waals surface area contributed by atoms with Gasteiger partial charge in [0.2, 0.25) is 0 Å². The van der Waals surface area contributed by atoms with Gasteiger partial charge in [0.15, 0.2) is 5.78 Å². The van der Waals surface area contributed by atoms with Crippen molar-refractivity contribution in [2.45, 2.75) is 0 Å². The highest BCUT2D eigenvalue weighted by Gasteiger charge is 2.13. The highest BCUT2D eigenvalue weighted by Crippen LogP contribution is 2.17. The molecule has 0 aliphatic heterocycles. The third-order valence-electron chi connectivity index (χ3n) is 3.03. The highest BCUT2D eigenvalue weighted by molar-refractivity contribution is 6.04. The minimum Gasteiger partial charge on any atom is -0.465 e. The smallest absolute Gasteiger partial charge is 0.339 e. The number of Topliss-reactive ketones (excluding diaryl/α,β-unsaturated/α-hetero) is 1. The van der Waals surface area contributed by atoms with Crippen LogP contribution in [0, 0.1) is 0 Å². The van der Waals surface area contributed by atoms with E-state index in [1.54, 1.807) is 48.5 Å².